The number of ether oxygens (including phenoxy) is 2. The van der Waals surface area contributed by atoms with Gasteiger partial charge in [0, 0.05) is 21.2 Å². The van der Waals surface area contributed by atoms with Gasteiger partial charge in [0.15, 0.2) is 6.61 Å². The molecule has 0 aliphatic heterocycles. The lowest BCUT2D eigenvalue weighted by Gasteiger charge is -2.13. The number of hydrogen-bond donors (Lipinski definition) is 1. The van der Waals surface area contributed by atoms with Crippen LogP contribution in [0.25, 0.3) is 0 Å². The number of amides is 1. The molecule has 1 N–H and O–H groups in total. The molecule has 0 saturated heterocycles. The van der Waals surface area contributed by atoms with Crippen LogP contribution in [-0.4, -0.2) is 59.0 Å². The number of carbonyl (C=O) groups excluding carboxylic acids is 2. The van der Waals surface area contributed by atoms with Gasteiger partial charge >= 0.3 is 5.97 Å². The second kappa shape index (κ2) is 8.25. The second-order valence-corrected chi connectivity index (χ2v) is 7.13. The molecule has 0 saturated carbocycles. The van der Waals surface area contributed by atoms with Crippen molar-refractivity contribution in [1.29, 1.82) is 0 Å². The van der Waals surface area contributed by atoms with Gasteiger partial charge in [-0.2, -0.15) is 0 Å². The Morgan fingerprint density at radius 3 is 2.48 bits per heavy atom. The van der Waals surface area contributed by atoms with Crippen LogP contribution in [0.2, 0.25) is 5.02 Å². The molecule has 0 aliphatic rings. The zero-order valence-electron chi connectivity index (χ0n) is 12.8. The molecule has 1 rings (SSSR count). The summed E-state index contributed by atoms with van der Waals surface area (Å²) in [6, 6.07) is 3.91. The third-order valence-electron chi connectivity index (χ3n) is 2.62. The van der Waals surface area contributed by atoms with Gasteiger partial charge in [-0.3, -0.25) is 4.79 Å². The standard InChI is InChI=1S/C13H17ClN2O6S/c1-16(2)23(19,20)9-4-5-10(14)11(6-9)15-12(17)7-22-13(18)8-21-3/h4-6H,7-8H2,1-3H3,(H,15,17). The molecule has 0 atom stereocenters. The van der Waals surface area contributed by atoms with Crippen LogP contribution < -0.4 is 5.32 Å². The van der Waals surface area contributed by atoms with E-state index in [0.29, 0.717) is 0 Å². The number of rotatable bonds is 7. The number of methoxy groups -OCH3 is 1. The van der Waals surface area contributed by atoms with Gasteiger partial charge in [0.05, 0.1) is 15.6 Å². The fourth-order valence-electron chi connectivity index (χ4n) is 1.46. The first kappa shape index (κ1) is 19.4. The van der Waals surface area contributed by atoms with Crippen LogP contribution in [0.1, 0.15) is 0 Å². The predicted octanol–water partition coefficient (Wildman–Crippen LogP) is 0.718. The van der Waals surface area contributed by atoms with Crippen molar-refractivity contribution in [3.63, 3.8) is 0 Å². The van der Waals surface area contributed by atoms with Crippen LogP contribution in [0.3, 0.4) is 0 Å². The number of anilines is 1. The number of benzene rings is 1. The van der Waals surface area contributed by atoms with E-state index >= 15 is 0 Å². The molecule has 0 aromatic heterocycles. The van der Waals surface area contributed by atoms with Gasteiger partial charge in [-0.05, 0) is 18.2 Å². The van der Waals surface area contributed by atoms with Gasteiger partial charge in [-0.15, -0.1) is 0 Å². The second-order valence-electron chi connectivity index (χ2n) is 4.57. The number of hydrogen-bond acceptors (Lipinski definition) is 6. The first-order valence-electron chi connectivity index (χ1n) is 6.35. The van der Waals surface area contributed by atoms with Crippen molar-refractivity contribution in [2.45, 2.75) is 4.90 Å². The minimum absolute atomic E-state index is 0.0291. The number of nitrogens with one attached hydrogen (secondary N) is 1. The number of esters is 1. The zero-order valence-corrected chi connectivity index (χ0v) is 14.4. The Bertz CT molecular complexity index is 690. The highest BCUT2D eigenvalue weighted by Gasteiger charge is 2.19. The fraction of sp³-hybridized carbons (Fsp3) is 0.385. The quantitative estimate of drug-likeness (QED) is 0.715. The van der Waals surface area contributed by atoms with E-state index in [4.69, 9.17) is 11.6 Å². The maximum absolute atomic E-state index is 12.1. The van der Waals surface area contributed by atoms with Crippen LogP contribution in [0.5, 0.6) is 0 Å². The van der Waals surface area contributed by atoms with E-state index in [9.17, 15) is 18.0 Å². The van der Waals surface area contributed by atoms with E-state index in [1.54, 1.807) is 0 Å². The lowest BCUT2D eigenvalue weighted by molar-refractivity contribution is -0.150. The molecule has 1 amide bonds. The Hall–Kier alpha value is -1.68. The van der Waals surface area contributed by atoms with E-state index in [-0.39, 0.29) is 22.2 Å². The van der Waals surface area contributed by atoms with Crippen molar-refractivity contribution in [3.05, 3.63) is 23.2 Å². The van der Waals surface area contributed by atoms with Crippen LogP contribution in [0.4, 0.5) is 5.69 Å². The first-order chi connectivity index (χ1) is 10.7. The largest absolute Gasteiger partial charge is 0.454 e. The molecule has 0 spiro atoms. The Labute approximate surface area is 139 Å². The van der Waals surface area contributed by atoms with Crippen molar-refractivity contribution in [3.8, 4) is 0 Å². The minimum atomic E-state index is -3.66. The smallest absolute Gasteiger partial charge is 0.332 e. The summed E-state index contributed by atoms with van der Waals surface area (Å²) in [6.07, 6.45) is 0. The highest BCUT2D eigenvalue weighted by Crippen LogP contribution is 2.26. The van der Waals surface area contributed by atoms with Gasteiger partial charge in [0.1, 0.15) is 6.61 Å². The average Bonchev–Trinajstić information content (AvgIpc) is 2.47. The molecule has 10 heteroatoms. The van der Waals surface area contributed by atoms with Crippen molar-refractivity contribution in [1.82, 2.24) is 4.31 Å². The number of nitrogens with zero attached hydrogens (tertiary/aromatic N) is 1. The summed E-state index contributed by atoms with van der Waals surface area (Å²) < 4.78 is 34.3. The van der Waals surface area contributed by atoms with Crippen molar-refractivity contribution in [2.24, 2.45) is 0 Å². The van der Waals surface area contributed by atoms with E-state index in [1.807, 2.05) is 0 Å². The Morgan fingerprint density at radius 2 is 1.91 bits per heavy atom. The molecule has 0 unspecified atom stereocenters. The van der Waals surface area contributed by atoms with Gasteiger partial charge in [0.2, 0.25) is 10.0 Å². The van der Waals surface area contributed by atoms with Gasteiger partial charge < -0.3 is 14.8 Å². The predicted molar refractivity (Wildman–Crippen MR) is 83.8 cm³/mol. The van der Waals surface area contributed by atoms with Crippen molar-refractivity contribution < 1.29 is 27.5 Å². The molecular formula is C13H17ClN2O6S. The minimum Gasteiger partial charge on any atom is -0.454 e. The van der Waals surface area contributed by atoms with Gasteiger partial charge in [0.25, 0.3) is 5.91 Å². The van der Waals surface area contributed by atoms with E-state index in [0.717, 1.165) is 4.31 Å². The summed E-state index contributed by atoms with van der Waals surface area (Å²) in [5.41, 5.74) is 0.0994. The maximum Gasteiger partial charge on any atom is 0.332 e. The number of halogens is 1. The van der Waals surface area contributed by atoms with Crippen molar-refractivity contribution in [2.75, 3.05) is 39.7 Å². The van der Waals surface area contributed by atoms with Crippen LogP contribution in [0.15, 0.2) is 23.1 Å². The molecule has 1 aromatic carbocycles. The topological polar surface area (TPSA) is 102 Å². The summed E-state index contributed by atoms with van der Waals surface area (Å²) in [6.45, 7) is -0.812. The molecule has 128 valence electrons. The lowest BCUT2D eigenvalue weighted by atomic mass is 10.3. The summed E-state index contributed by atoms with van der Waals surface area (Å²) >= 11 is 5.93. The van der Waals surface area contributed by atoms with Gasteiger partial charge in [-0.25, -0.2) is 17.5 Å². The summed E-state index contributed by atoms with van der Waals surface area (Å²) in [7, 11) is 0.426. The number of carbonyl (C=O) groups is 2. The Kier molecular flexibility index (Phi) is 6.95. The lowest BCUT2D eigenvalue weighted by Crippen LogP contribution is -2.24. The zero-order chi connectivity index (χ0) is 17.6. The summed E-state index contributed by atoms with van der Waals surface area (Å²) in [5.74, 6) is -1.35. The SMILES string of the molecule is COCC(=O)OCC(=O)Nc1cc(S(=O)(=O)N(C)C)ccc1Cl. The Balaban J connectivity index is 2.85. The Morgan fingerprint density at radius 1 is 1.26 bits per heavy atom. The van der Waals surface area contributed by atoms with Crippen LogP contribution in [0, 0.1) is 0 Å². The molecule has 0 heterocycles. The highest BCUT2D eigenvalue weighted by molar-refractivity contribution is 7.89. The summed E-state index contributed by atoms with van der Waals surface area (Å²) in [4.78, 5) is 22.8. The third-order valence-corrected chi connectivity index (χ3v) is 4.76. The first-order valence-corrected chi connectivity index (χ1v) is 8.16. The average molecular weight is 365 g/mol. The van der Waals surface area contributed by atoms with Gasteiger partial charge in [-0.1, -0.05) is 11.6 Å². The highest BCUT2D eigenvalue weighted by atomic mass is 35.5. The molecule has 1 aromatic rings. The molecule has 0 fully saturated rings. The van der Waals surface area contributed by atoms with Crippen LogP contribution >= 0.6 is 11.6 Å². The normalized spacial score (nSPS) is 11.3. The van der Waals surface area contributed by atoms with E-state index in [1.165, 1.54) is 39.4 Å². The van der Waals surface area contributed by atoms with Crippen molar-refractivity contribution >= 4 is 39.2 Å². The molecular weight excluding hydrogens is 348 g/mol. The van der Waals surface area contributed by atoms with Crippen LogP contribution in [-0.2, 0) is 29.1 Å². The number of sulfonamides is 1. The molecule has 0 radical (unpaired) electrons. The third kappa shape index (κ3) is 5.47. The molecule has 23 heavy (non-hydrogen) atoms. The molecule has 0 bridgehead atoms. The fourth-order valence-corrected chi connectivity index (χ4v) is 2.56. The molecule has 0 aliphatic carbocycles. The molecule has 8 nitrogen and oxygen atoms in total. The summed E-state index contributed by atoms with van der Waals surface area (Å²) in [5, 5.41) is 2.54. The maximum atomic E-state index is 12.1. The van der Waals surface area contributed by atoms with E-state index in [2.05, 4.69) is 14.8 Å². The monoisotopic (exact) mass is 364 g/mol. The van der Waals surface area contributed by atoms with E-state index < -0.39 is 28.5 Å².